The Morgan fingerprint density at radius 3 is 2.56 bits per heavy atom. The van der Waals surface area contributed by atoms with Crippen LogP contribution >= 0.6 is 0 Å². The van der Waals surface area contributed by atoms with E-state index in [0.717, 1.165) is 17.9 Å². The molecule has 0 aliphatic carbocycles. The van der Waals surface area contributed by atoms with Gasteiger partial charge in [0.2, 0.25) is 0 Å². The Balaban J connectivity index is 2.51. The number of nitrogens with one attached hydrogen (secondary N) is 1. The minimum atomic E-state index is 0.393. The largest absolute Gasteiger partial charge is 0.696 e. The molecule has 0 saturated carbocycles. The number of benzene rings is 1. The predicted octanol–water partition coefficient (Wildman–Crippen LogP) is 2.78. The van der Waals surface area contributed by atoms with E-state index in [4.69, 9.17) is 4.74 Å². The van der Waals surface area contributed by atoms with Gasteiger partial charge in [0, 0.05) is 0 Å². The highest BCUT2D eigenvalue weighted by molar-refractivity contribution is 5.45. The molecule has 0 saturated heterocycles. The highest BCUT2D eigenvalue weighted by Gasteiger charge is 1.97. The van der Waals surface area contributed by atoms with E-state index in [1.165, 1.54) is 0 Å². The first kappa shape index (κ1) is 12.3. The maximum atomic E-state index is 11.0. The topological polar surface area (TPSA) is 59.7 Å². The molecule has 0 aliphatic rings. The zero-order chi connectivity index (χ0) is 11.8. The molecule has 16 heavy (non-hydrogen) atoms. The average molecular weight is 223 g/mol. The van der Waals surface area contributed by atoms with Gasteiger partial charge in [0.05, 0.1) is 11.8 Å². The minimum absolute atomic E-state index is 0.393. The molecule has 0 radical (unpaired) electrons. The van der Waals surface area contributed by atoms with Gasteiger partial charge in [-0.25, -0.2) is 0 Å². The summed E-state index contributed by atoms with van der Waals surface area (Å²) in [7, 11) is 0. The summed E-state index contributed by atoms with van der Waals surface area (Å²) in [5.74, 6) is 0.806. The van der Waals surface area contributed by atoms with Gasteiger partial charge in [-0.1, -0.05) is 6.92 Å². The van der Waals surface area contributed by atoms with Crippen molar-refractivity contribution in [3.8, 4) is 5.75 Å². The van der Waals surface area contributed by atoms with Crippen LogP contribution in [0.2, 0.25) is 0 Å². The molecule has 1 aromatic rings. The quantitative estimate of drug-likeness (QED) is 0.458. The summed E-state index contributed by atoms with van der Waals surface area (Å²) in [5.41, 5.74) is 3.45. The fourth-order valence-electron chi connectivity index (χ4n) is 1.15. The Kier molecular flexibility index (Phi) is 5.11. The fraction of sp³-hybridized carbons (Fsp3) is 0.455. The molecule has 0 aromatic heterocycles. The minimum Gasteiger partial charge on any atom is -0.696 e. The van der Waals surface area contributed by atoms with Gasteiger partial charge in [0.15, 0.2) is 0 Å². The van der Waals surface area contributed by atoms with E-state index in [1.54, 1.807) is 0 Å². The van der Waals surface area contributed by atoms with Gasteiger partial charge >= 0.3 is 0 Å². The molecular weight excluding hydrogens is 206 g/mol. The zero-order valence-corrected chi connectivity index (χ0v) is 9.64. The Labute approximate surface area is 95.3 Å². The third kappa shape index (κ3) is 4.16. The van der Waals surface area contributed by atoms with Crippen LogP contribution in [0, 0.1) is 5.21 Å². The van der Waals surface area contributed by atoms with E-state index in [1.807, 2.05) is 38.1 Å². The van der Waals surface area contributed by atoms with E-state index in [2.05, 4.69) is 10.6 Å². The highest BCUT2D eigenvalue weighted by atomic mass is 16.5. The van der Waals surface area contributed by atoms with Crippen LogP contribution in [0.4, 0.5) is 5.69 Å². The van der Waals surface area contributed by atoms with Crippen LogP contribution in [0.1, 0.15) is 20.3 Å². The lowest BCUT2D eigenvalue weighted by Crippen LogP contribution is -2.04. The summed E-state index contributed by atoms with van der Waals surface area (Å²) in [6.07, 6.45) is 0.776. The Hall–Kier alpha value is -1.78. The third-order valence-electron chi connectivity index (χ3n) is 1.87. The second kappa shape index (κ2) is 6.66. The van der Waals surface area contributed by atoms with Gasteiger partial charge < -0.3 is 9.94 Å². The summed E-state index contributed by atoms with van der Waals surface area (Å²) < 4.78 is 5.29. The van der Waals surface area contributed by atoms with Crippen molar-refractivity contribution in [2.75, 3.05) is 18.6 Å². The summed E-state index contributed by atoms with van der Waals surface area (Å²) in [6, 6.07) is 7.29. The van der Waals surface area contributed by atoms with Crippen LogP contribution in [-0.4, -0.2) is 18.0 Å². The molecule has 0 atom stereocenters. The second-order valence-corrected chi connectivity index (χ2v) is 3.24. The Morgan fingerprint density at radius 2 is 2.00 bits per heavy atom. The Morgan fingerprint density at radius 1 is 1.31 bits per heavy atom. The number of hydrogen-bond donors (Lipinski definition) is 1. The number of hydroxylamine groups is 1. The first-order chi connectivity index (χ1) is 7.76. The zero-order valence-electron chi connectivity index (χ0n) is 9.64. The molecule has 0 unspecified atom stereocenters. The summed E-state index contributed by atoms with van der Waals surface area (Å²) >= 11 is 0. The van der Waals surface area contributed by atoms with Gasteiger partial charge in [-0.3, -0.25) is 0 Å². The first-order valence-electron chi connectivity index (χ1n) is 5.40. The van der Waals surface area contributed by atoms with Crippen LogP contribution in [0.3, 0.4) is 0 Å². The molecule has 5 heteroatoms. The van der Waals surface area contributed by atoms with Crippen molar-refractivity contribution in [2.45, 2.75) is 20.3 Å². The lowest BCUT2D eigenvalue weighted by Gasteiger charge is -2.04. The normalized spacial score (nSPS) is 11.2. The monoisotopic (exact) mass is 223 g/mol. The maximum Gasteiger partial charge on any atom is 0.147 e. The van der Waals surface area contributed by atoms with Crippen LogP contribution in [0.15, 0.2) is 29.5 Å². The van der Waals surface area contributed by atoms with Gasteiger partial charge in [0.25, 0.3) is 0 Å². The van der Waals surface area contributed by atoms with Crippen LogP contribution in [0.25, 0.3) is 0 Å². The van der Waals surface area contributed by atoms with Crippen molar-refractivity contribution < 1.29 is 9.60 Å². The summed E-state index contributed by atoms with van der Waals surface area (Å²) in [5, 5.41) is 14.7. The lowest BCUT2D eigenvalue weighted by atomic mass is 10.3. The van der Waals surface area contributed by atoms with Crippen molar-refractivity contribution in [3.05, 3.63) is 29.5 Å². The van der Waals surface area contributed by atoms with E-state index in [-0.39, 0.29) is 0 Å². The van der Waals surface area contributed by atoms with Crippen molar-refractivity contribution in [1.29, 1.82) is 0 Å². The van der Waals surface area contributed by atoms with Gasteiger partial charge in [-0.15, -0.1) is 5.43 Å². The lowest BCUT2D eigenvalue weighted by molar-refractivity contribution is -0.528. The second-order valence-electron chi connectivity index (χ2n) is 3.24. The maximum absolute atomic E-state index is 11.0. The highest BCUT2D eigenvalue weighted by Crippen LogP contribution is 2.15. The van der Waals surface area contributed by atoms with Crippen molar-refractivity contribution in [2.24, 2.45) is 5.22 Å². The van der Waals surface area contributed by atoms with Gasteiger partial charge in [-0.2, -0.15) is 4.86 Å². The van der Waals surface area contributed by atoms with Crippen LogP contribution < -0.4 is 10.2 Å². The molecule has 0 aliphatic heterocycles. The smallest absolute Gasteiger partial charge is 0.147 e. The molecule has 0 amide bonds. The average Bonchev–Trinajstić information content (AvgIpc) is 2.29. The molecule has 0 heterocycles. The number of nitrogens with zero attached hydrogens (tertiary/aromatic N) is 2. The molecule has 0 spiro atoms. The van der Waals surface area contributed by atoms with E-state index in [9.17, 15) is 5.21 Å². The van der Waals surface area contributed by atoms with Crippen molar-refractivity contribution in [1.82, 2.24) is 0 Å². The molecule has 0 bridgehead atoms. The molecule has 1 aromatic carbocycles. The van der Waals surface area contributed by atoms with Crippen LogP contribution in [-0.2, 0) is 0 Å². The first-order valence-corrected chi connectivity index (χ1v) is 5.40. The molecule has 88 valence electrons. The number of anilines is 1. The van der Waals surface area contributed by atoms with Gasteiger partial charge in [0.1, 0.15) is 18.0 Å². The van der Waals surface area contributed by atoms with E-state index in [0.29, 0.717) is 18.0 Å². The Bertz CT molecular complexity index is 336. The molecule has 5 nitrogen and oxygen atoms in total. The fourth-order valence-corrected chi connectivity index (χ4v) is 1.15. The van der Waals surface area contributed by atoms with Crippen molar-refractivity contribution >= 4 is 5.69 Å². The summed E-state index contributed by atoms with van der Waals surface area (Å²) in [6.45, 7) is 4.89. The molecule has 1 rings (SSSR count). The number of hydrogen-bond acceptors (Lipinski definition) is 3. The standard InChI is InChI=1S/C11H17N3O2/c1-3-9-14(15)13-12-10-5-7-11(8-6-10)16-4-2/h5-8,12H,3-4,9H2,1-2H3/b14-13-. The number of rotatable bonds is 6. The third-order valence-corrected chi connectivity index (χ3v) is 1.87. The summed E-state index contributed by atoms with van der Waals surface area (Å²) in [4.78, 5) is 0.635. The predicted molar refractivity (Wildman–Crippen MR) is 62.4 cm³/mol. The number of ether oxygens (including phenoxy) is 1. The van der Waals surface area contributed by atoms with E-state index < -0.39 is 0 Å². The molecular formula is C11H17N3O2. The van der Waals surface area contributed by atoms with Crippen molar-refractivity contribution in [3.63, 3.8) is 0 Å². The SMILES string of the molecule is CCC/[N+]([O-])=N/Nc1ccc(OCC)cc1. The van der Waals surface area contributed by atoms with E-state index >= 15 is 0 Å². The van der Waals surface area contributed by atoms with Gasteiger partial charge in [-0.05, 0) is 37.6 Å². The molecule has 0 fully saturated rings. The molecule has 1 N–H and O–H groups in total. The van der Waals surface area contributed by atoms with Crippen LogP contribution in [0.5, 0.6) is 5.75 Å².